The molecule has 0 aromatic heterocycles. The van der Waals surface area contributed by atoms with E-state index in [0.29, 0.717) is 17.7 Å². The van der Waals surface area contributed by atoms with E-state index in [1.165, 1.54) is 6.07 Å². The summed E-state index contributed by atoms with van der Waals surface area (Å²) < 4.78 is 0. The summed E-state index contributed by atoms with van der Waals surface area (Å²) in [7, 11) is 0. The third-order valence-corrected chi connectivity index (χ3v) is 4.30. The molecule has 1 unspecified atom stereocenters. The lowest BCUT2D eigenvalue weighted by atomic mass is 10.1. The molecule has 0 saturated carbocycles. The van der Waals surface area contributed by atoms with Gasteiger partial charge in [0.25, 0.3) is 0 Å². The van der Waals surface area contributed by atoms with Crippen molar-refractivity contribution in [3.63, 3.8) is 0 Å². The average Bonchev–Trinajstić information content (AvgIpc) is 2.39. The number of thioether (sulfide) groups is 1. The van der Waals surface area contributed by atoms with Gasteiger partial charge >= 0.3 is 5.97 Å². The van der Waals surface area contributed by atoms with E-state index in [2.05, 4.69) is 10.6 Å². The molecule has 1 aromatic carbocycles. The normalized spacial score (nSPS) is 18.6. The molecule has 6 heteroatoms. The number of carbonyl (C=O) groups is 2. The SMILES string of the molecule is Cc1cc(NC(=O)CC2CSCCN2)ccc1C(=O)O. The van der Waals surface area contributed by atoms with Crippen LogP contribution in [-0.2, 0) is 4.79 Å². The van der Waals surface area contributed by atoms with Crippen molar-refractivity contribution >= 4 is 29.3 Å². The van der Waals surface area contributed by atoms with E-state index in [4.69, 9.17) is 5.11 Å². The summed E-state index contributed by atoms with van der Waals surface area (Å²) in [6.07, 6.45) is 0.437. The maximum absolute atomic E-state index is 11.9. The lowest BCUT2D eigenvalue weighted by Crippen LogP contribution is -2.39. The number of anilines is 1. The van der Waals surface area contributed by atoms with Gasteiger partial charge in [-0.3, -0.25) is 4.79 Å². The Morgan fingerprint density at radius 3 is 2.90 bits per heavy atom. The van der Waals surface area contributed by atoms with E-state index in [1.54, 1.807) is 19.1 Å². The molecule has 1 fully saturated rings. The third kappa shape index (κ3) is 3.98. The van der Waals surface area contributed by atoms with Crippen LogP contribution in [0.25, 0.3) is 0 Å². The summed E-state index contributed by atoms with van der Waals surface area (Å²) in [5, 5.41) is 15.1. The third-order valence-electron chi connectivity index (χ3n) is 3.17. The molecule has 1 aliphatic heterocycles. The number of amides is 1. The fourth-order valence-electron chi connectivity index (χ4n) is 2.17. The molecule has 1 saturated heterocycles. The largest absolute Gasteiger partial charge is 0.478 e. The van der Waals surface area contributed by atoms with E-state index in [9.17, 15) is 9.59 Å². The second kappa shape index (κ2) is 6.76. The zero-order chi connectivity index (χ0) is 14.5. The van der Waals surface area contributed by atoms with Crippen LogP contribution in [0.3, 0.4) is 0 Å². The van der Waals surface area contributed by atoms with Gasteiger partial charge in [-0.1, -0.05) is 0 Å². The molecule has 5 nitrogen and oxygen atoms in total. The van der Waals surface area contributed by atoms with E-state index < -0.39 is 5.97 Å². The highest BCUT2D eigenvalue weighted by Gasteiger charge is 2.17. The number of nitrogens with one attached hydrogen (secondary N) is 2. The van der Waals surface area contributed by atoms with Crippen LogP contribution in [0.2, 0.25) is 0 Å². The minimum absolute atomic E-state index is 0.0486. The molecule has 108 valence electrons. The van der Waals surface area contributed by atoms with Crippen LogP contribution < -0.4 is 10.6 Å². The van der Waals surface area contributed by atoms with Crippen molar-refractivity contribution in [2.45, 2.75) is 19.4 Å². The summed E-state index contributed by atoms with van der Waals surface area (Å²) in [5.41, 5.74) is 1.54. The molecule has 3 N–H and O–H groups in total. The van der Waals surface area contributed by atoms with Gasteiger partial charge in [0.05, 0.1) is 5.56 Å². The van der Waals surface area contributed by atoms with Crippen LogP contribution in [0.4, 0.5) is 5.69 Å². The fraction of sp³-hybridized carbons (Fsp3) is 0.429. The van der Waals surface area contributed by atoms with Gasteiger partial charge in [-0.05, 0) is 30.7 Å². The highest BCUT2D eigenvalue weighted by atomic mass is 32.2. The van der Waals surface area contributed by atoms with E-state index >= 15 is 0 Å². The van der Waals surface area contributed by atoms with Gasteiger partial charge in [-0.2, -0.15) is 11.8 Å². The van der Waals surface area contributed by atoms with Crippen molar-refractivity contribution < 1.29 is 14.7 Å². The number of hydrogen-bond acceptors (Lipinski definition) is 4. The molecule has 1 aliphatic rings. The van der Waals surface area contributed by atoms with Crippen LogP contribution >= 0.6 is 11.8 Å². The van der Waals surface area contributed by atoms with Crippen LogP contribution in [-0.4, -0.2) is 41.1 Å². The van der Waals surface area contributed by atoms with Crippen LogP contribution in [0.5, 0.6) is 0 Å². The molecule has 1 aromatic rings. The van der Waals surface area contributed by atoms with Gasteiger partial charge in [0.15, 0.2) is 0 Å². The summed E-state index contributed by atoms with van der Waals surface area (Å²) in [5.74, 6) is 1.04. The topological polar surface area (TPSA) is 78.4 Å². The summed E-state index contributed by atoms with van der Waals surface area (Å²) in [4.78, 5) is 22.9. The van der Waals surface area contributed by atoms with Crippen molar-refractivity contribution in [3.8, 4) is 0 Å². The Hall–Kier alpha value is -1.53. The number of rotatable bonds is 4. The van der Waals surface area contributed by atoms with Gasteiger partial charge in [-0.15, -0.1) is 0 Å². The van der Waals surface area contributed by atoms with Gasteiger partial charge in [0.2, 0.25) is 5.91 Å². The lowest BCUT2D eigenvalue weighted by molar-refractivity contribution is -0.116. The first kappa shape index (κ1) is 14.9. The Morgan fingerprint density at radius 2 is 2.30 bits per heavy atom. The molecule has 0 bridgehead atoms. The molecule has 1 amide bonds. The Bertz CT molecular complexity index is 513. The zero-order valence-corrected chi connectivity index (χ0v) is 12.1. The molecule has 1 atom stereocenters. The first-order valence-electron chi connectivity index (χ1n) is 6.51. The van der Waals surface area contributed by atoms with Crippen LogP contribution in [0.15, 0.2) is 18.2 Å². The van der Waals surface area contributed by atoms with Gasteiger partial charge in [0.1, 0.15) is 0 Å². The summed E-state index contributed by atoms with van der Waals surface area (Å²) in [6.45, 7) is 2.66. The standard InChI is InChI=1S/C14H18N2O3S/c1-9-6-10(2-3-12(9)14(18)19)16-13(17)7-11-8-20-5-4-15-11/h2-3,6,11,15H,4-5,7-8H2,1H3,(H,16,17)(H,18,19). The molecular weight excluding hydrogens is 276 g/mol. The average molecular weight is 294 g/mol. The van der Waals surface area contributed by atoms with Crippen molar-refractivity contribution in [1.82, 2.24) is 5.32 Å². The Labute approximate surface area is 122 Å². The smallest absolute Gasteiger partial charge is 0.335 e. The van der Waals surface area contributed by atoms with E-state index in [1.807, 2.05) is 11.8 Å². The molecule has 20 heavy (non-hydrogen) atoms. The summed E-state index contributed by atoms with van der Waals surface area (Å²) in [6, 6.07) is 5.04. The predicted molar refractivity (Wildman–Crippen MR) is 80.5 cm³/mol. The number of hydrogen-bond donors (Lipinski definition) is 3. The number of carboxylic acid groups (broad SMARTS) is 1. The Balaban J connectivity index is 1.93. The van der Waals surface area contributed by atoms with Crippen LogP contribution in [0, 0.1) is 6.92 Å². The highest BCUT2D eigenvalue weighted by molar-refractivity contribution is 7.99. The number of aromatic carboxylic acids is 1. The first-order valence-corrected chi connectivity index (χ1v) is 7.66. The Kier molecular flexibility index (Phi) is 5.03. The minimum atomic E-state index is -0.955. The maximum Gasteiger partial charge on any atom is 0.335 e. The van der Waals surface area contributed by atoms with Crippen molar-refractivity contribution in [3.05, 3.63) is 29.3 Å². The molecule has 1 heterocycles. The Morgan fingerprint density at radius 1 is 1.50 bits per heavy atom. The van der Waals surface area contributed by atoms with Gasteiger partial charge < -0.3 is 15.7 Å². The van der Waals surface area contributed by atoms with Crippen LogP contribution in [0.1, 0.15) is 22.3 Å². The number of carboxylic acids is 1. The molecule has 0 radical (unpaired) electrons. The molecule has 2 rings (SSSR count). The predicted octanol–water partition coefficient (Wildman–Crippen LogP) is 1.73. The lowest BCUT2D eigenvalue weighted by Gasteiger charge is -2.22. The quantitative estimate of drug-likeness (QED) is 0.788. The van der Waals surface area contributed by atoms with E-state index in [0.717, 1.165) is 18.1 Å². The summed E-state index contributed by atoms with van der Waals surface area (Å²) >= 11 is 1.85. The van der Waals surface area contributed by atoms with Gasteiger partial charge in [0, 0.05) is 36.2 Å². The number of carbonyl (C=O) groups excluding carboxylic acids is 1. The van der Waals surface area contributed by atoms with Crippen molar-refractivity contribution in [1.29, 1.82) is 0 Å². The first-order chi connectivity index (χ1) is 9.56. The fourth-order valence-corrected chi connectivity index (χ4v) is 3.12. The molecule has 0 spiro atoms. The van der Waals surface area contributed by atoms with Gasteiger partial charge in [-0.25, -0.2) is 4.79 Å². The molecular formula is C14H18N2O3S. The molecule has 0 aliphatic carbocycles. The second-order valence-electron chi connectivity index (χ2n) is 4.81. The number of benzene rings is 1. The maximum atomic E-state index is 11.9. The van der Waals surface area contributed by atoms with E-state index in [-0.39, 0.29) is 17.5 Å². The van der Waals surface area contributed by atoms with Crippen molar-refractivity contribution in [2.75, 3.05) is 23.4 Å². The minimum Gasteiger partial charge on any atom is -0.478 e. The zero-order valence-electron chi connectivity index (χ0n) is 11.3. The monoisotopic (exact) mass is 294 g/mol. The number of aryl methyl sites for hydroxylation is 1. The highest BCUT2D eigenvalue weighted by Crippen LogP contribution is 2.16. The second-order valence-corrected chi connectivity index (χ2v) is 5.96. The van der Waals surface area contributed by atoms with Crippen molar-refractivity contribution in [2.24, 2.45) is 0 Å².